The Kier molecular flexibility index (Phi) is 5.45. The van der Waals surface area contributed by atoms with Crippen molar-refractivity contribution in [2.75, 3.05) is 6.54 Å². The normalized spacial score (nSPS) is 21.7. The van der Waals surface area contributed by atoms with Gasteiger partial charge in [0, 0.05) is 6.04 Å². The summed E-state index contributed by atoms with van der Waals surface area (Å²) >= 11 is 0. The molecule has 1 nitrogen and oxygen atoms in total. The van der Waals surface area contributed by atoms with Crippen molar-refractivity contribution >= 4 is 0 Å². The Balaban J connectivity index is 2.03. The summed E-state index contributed by atoms with van der Waals surface area (Å²) in [5.74, 6) is 0.980. The molecule has 0 aliphatic heterocycles. The second-order valence-electron chi connectivity index (χ2n) is 4.60. The lowest BCUT2D eigenvalue weighted by Crippen LogP contribution is -2.31. The molecule has 78 valence electrons. The highest BCUT2D eigenvalue weighted by atomic mass is 14.9. The lowest BCUT2D eigenvalue weighted by atomic mass is 9.89. The van der Waals surface area contributed by atoms with Gasteiger partial charge in [0.05, 0.1) is 0 Å². The summed E-state index contributed by atoms with van der Waals surface area (Å²) in [6.45, 7) is 5.84. The fourth-order valence-corrected chi connectivity index (χ4v) is 2.29. The Bertz CT molecular complexity index is 116. The van der Waals surface area contributed by atoms with Crippen molar-refractivity contribution in [3.8, 4) is 0 Å². The van der Waals surface area contributed by atoms with Crippen molar-refractivity contribution in [2.24, 2.45) is 5.92 Å². The standard InChI is InChI=1S/C12H25N/c1-3-7-11(2)13-10-12-8-5-4-6-9-12/h11-13H,3-10H2,1-2H3. The molecule has 1 atom stereocenters. The fourth-order valence-electron chi connectivity index (χ4n) is 2.29. The maximum absolute atomic E-state index is 3.65. The van der Waals surface area contributed by atoms with Crippen molar-refractivity contribution in [1.29, 1.82) is 0 Å². The van der Waals surface area contributed by atoms with Crippen LogP contribution in [0.15, 0.2) is 0 Å². The van der Waals surface area contributed by atoms with Crippen LogP contribution in [-0.2, 0) is 0 Å². The van der Waals surface area contributed by atoms with E-state index in [4.69, 9.17) is 0 Å². The van der Waals surface area contributed by atoms with E-state index in [1.54, 1.807) is 0 Å². The molecule has 1 fully saturated rings. The van der Waals surface area contributed by atoms with E-state index in [2.05, 4.69) is 19.2 Å². The molecule has 0 aromatic rings. The third kappa shape index (κ3) is 4.66. The molecule has 13 heavy (non-hydrogen) atoms. The Morgan fingerprint density at radius 3 is 2.54 bits per heavy atom. The van der Waals surface area contributed by atoms with E-state index in [0.29, 0.717) is 0 Å². The molecule has 0 saturated heterocycles. The van der Waals surface area contributed by atoms with Crippen molar-refractivity contribution in [3.05, 3.63) is 0 Å². The minimum absolute atomic E-state index is 0.729. The van der Waals surface area contributed by atoms with Crippen molar-refractivity contribution < 1.29 is 0 Å². The first-order valence-corrected chi connectivity index (χ1v) is 6.06. The zero-order valence-corrected chi connectivity index (χ0v) is 9.31. The summed E-state index contributed by atoms with van der Waals surface area (Å²) in [4.78, 5) is 0. The van der Waals surface area contributed by atoms with E-state index in [0.717, 1.165) is 12.0 Å². The van der Waals surface area contributed by atoms with Crippen LogP contribution in [-0.4, -0.2) is 12.6 Å². The van der Waals surface area contributed by atoms with Crippen LogP contribution in [0.5, 0.6) is 0 Å². The molecule has 0 bridgehead atoms. The van der Waals surface area contributed by atoms with E-state index >= 15 is 0 Å². The maximum atomic E-state index is 3.65. The van der Waals surface area contributed by atoms with Gasteiger partial charge in [0.15, 0.2) is 0 Å². The summed E-state index contributed by atoms with van der Waals surface area (Å²) in [5, 5.41) is 3.65. The van der Waals surface area contributed by atoms with Crippen LogP contribution in [0.4, 0.5) is 0 Å². The summed E-state index contributed by atoms with van der Waals surface area (Å²) in [6, 6.07) is 0.729. The molecule has 1 aliphatic carbocycles. The summed E-state index contributed by atoms with van der Waals surface area (Å²) < 4.78 is 0. The van der Waals surface area contributed by atoms with Crippen LogP contribution in [0.3, 0.4) is 0 Å². The first kappa shape index (κ1) is 11.0. The summed E-state index contributed by atoms with van der Waals surface area (Å²) in [5.41, 5.74) is 0. The van der Waals surface area contributed by atoms with E-state index < -0.39 is 0 Å². The Hall–Kier alpha value is -0.0400. The molecule has 1 aliphatic rings. The monoisotopic (exact) mass is 183 g/mol. The largest absolute Gasteiger partial charge is 0.314 e. The Labute approximate surface area is 83.3 Å². The van der Waals surface area contributed by atoms with Gasteiger partial charge in [-0.15, -0.1) is 0 Å². The minimum Gasteiger partial charge on any atom is -0.314 e. The Morgan fingerprint density at radius 1 is 1.23 bits per heavy atom. The lowest BCUT2D eigenvalue weighted by molar-refractivity contribution is 0.326. The molecule has 1 rings (SSSR count). The van der Waals surface area contributed by atoms with Crippen LogP contribution < -0.4 is 5.32 Å². The van der Waals surface area contributed by atoms with Gasteiger partial charge in [-0.1, -0.05) is 32.6 Å². The second-order valence-corrected chi connectivity index (χ2v) is 4.60. The molecule has 0 aromatic carbocycles. The molecule has 1 N–H and O–H groups in total. The minimum atomic E-state index is 0.729. The molecule has 0 radical (unpaired) electrons. The number of nitrogens with one attached hydrogen (secondary N) is 1. The molecule has 0 amide bonds. The van der Waals surface area contributed by atoms with E-state index in [-0.39, 0.29) is 0 Å². The predicted molar refractivity (Wildman–Crippen MR) is 58.9 cm³/mol. The zero-order chi connectivity index (χ0) is 9.52. The number of hydrogen-bond acceptors (Lipinski definition) is 1. The van der Waals surface area contributed by atoms with Gasteiger partial charge in [0.25, 0.3) is 0 Å². The first-order chi connectivity index (χ1) is 6.33. The Morgan fingerprint density at radius 2 is 1.92 bits per heavy atom. The molecule has 0 spiro atoms. The van der Waals surface area contributed by atoms with Gasteiger partial charge in [0.1, 0.15) is 0 Å². The van der Waals surface area contributed by atoms with E-state index in [1.165, 1.54) is 51.5 Å². The molecule has 1 unspecified atom stereocenters. The highest BCUT2D eigenvalue weighted by Crippen LogP contribution is 2.22. The third-order valence-corrected chi connectivity index (χ3v) is 3.20. The molecule has 0 aromatic heterocycles. The van der Waals surface area contributed by atoms with E-state index in [1.807, 2.05) is 0 Å². The average molecular weight is 183 g/mol. The molecule has 1 saturated carbocycles. The number of rotatable bonds is 5. The van der Waals surface area contributed by atoms with Gasteiger partial charge in [-0.2, -0.15) is 0 Å². The van der Waals surface area contributed by atoms with Crippen LogP contribution in [0, 0.1) is 5.92 Å². The van der Waals surface area contributed by atoms with Gasteiger partial charge < -0.3 is 5.32 Å². The maximum Gasteiger partial charge on any atom is 0.00387 e. The van der Waals surface area contributed by atoms with Gasteiger partial charge in [0.2, 0.25) is 0 Å². The highest BCUT2D eigenvalue weighted by molar-refractivity contribution is 4.70. The van der Waals surface area contributed by atoms with Crippen molar-refractivity contribution in [2.45, 2.75) is 64.8 Å². The van der Waals surface area contributed by atoms with E-state index in [9.17, 15) is 0 Å². The van der Waals surface area contributed by atoms with Crippen molar-refractivity contribution in [3.63, 3.8) is 0 Å². The second kappa shape index (κ2) is 6.42. The van der Waals surface area contributed by atoms with Crippen LogP contribution in [0.1, 0.15) is 58.8 Å². The molecule has 0 heterocycles. The zero-order valence-electron chi connectivity index (χ0n) is 9.31. The van der Waals surface area contributed by atoms with Gasteiger partial charge in [-0.25, -0.2) is 0 Å². The van der Waals surface area contributed by atoms with Crippen LogP contribution in [0.25, 0.3) is 0 Å². The summed E-state index contributed by atoms with van der Waals surface area (Å²) in [7, 11) is 0. The van der Waals surface area contributed by atoms with Crippen molar-refractivity contribution in [1.82, 2.24) is 5.32 Å². The molecular formula is C12H25N. The average Bonchev–Trinajstić information content (AvgIpc) is 2.17. The molecule has 1 heteroatoms. The van der Waals surface area contributed by atoms with Gasteiger partial charge in [-0.05, 0) is 38.6 Å². The fraction of sp³-hybridized carbons (Fsp3) is 1.00. The topological polar surface area (TPSA) is 12.0 Å². The number of hydrogen-bond donors (Lipinski definition) is 1. The lowest BCUT2D eigenvalue weighted by Gasteiger charge is -2.23. The summed E-state index contributed by atoms with van der Waals surface area (Å²) in [6.07, 6.45) is 9.97. The third-order valence-electron chi connectivity index (χ3n) is 3.20. The smallest absolute Gasteiger partial charge is 0.00387 e. The predicted octanol–water partition coefficient (Wildman–Crippen LogP) is 3.34. The van der Waals surface area contributed by atoms with Gasteiger partial charge >= 0.3 is 0 Å². The quantitative estimate of drug-likeness (QED) is 0.689. The highest BCUT2D eigenvalue weighted by Gasteiger charge is 2.13. The first-order valence-electron chi connectivity index (χ1n) is 6.06. The van der Waals surface area contributed by atoms with Gasteiger partial charge in [-0.3, -0.25) is 0 Å². The van der Waals surface area contributed by atoms with Crippen LogP contribution >= 0.6 is 0 Å². The van der Waals surface area contributed by atoms with Crippen LogP contribution in [0.2, 0.25) is 0 Å². The SMILES string of the molecule is CCCC(C)NCC1CCCCC1. The molecular weight excluding hydrogens is 158 g/mol.